The number of hydrogen-bond donors (Lipinski definition) is 0. The summed E-state index contributed by atoms with van der Waals surface area (Å²) in [6.45, 7) is 0. The van der Waals surface area contributed by atoms with E-state index >= 15 is 0 Å². The van der Waals surface area contributed by atoms with Crippen molar-refractivity contribution in [3.8, 4) is 0 Å². The first kappa shape index (κ1) is 50.7. The van der Waals surface area contributed by atoms with Crippen molar-refractivity contribution in [1.82, 2.24) is 0 Å². The van der Waals surface area contributed by atoms with Gasteiger partial charge in [-0.15, -0.1) is 18.2 Å². The van der Waals surface area contributed by atoms with Gasteiger partial charge in [0.25, 0.3) is 0 Å². The average molecular weight is 1170 g/mol. The van der Waals surface area contributed by atoms with Crippen molar-refractivity contribution in [2.75, 3.05) is 0 Å². The van der Waals surface area contributed by atoms with Crippen LogP contribution in [-0.2, 0) is 22.4 Å². The van der Waals surface area contributed by atoms with Crippen LogP contribution in [0.5, 0.6) is 0 Å². The van der Waals surface area contributed by atoms with Crippen molar-refractivity contribution >= 4 is 46.7 Å². The fraction of sp³-hybridized carbons (Fsp3) is 0.0233. The Bertz CT molecular complexity index is 2100. The molecule has 0 saturated carbocycles. The molecule has 7 rings (SSSR count). The second kappa shape index (κ2) is 24.1. The predicted octanol–water partition coefficient (Wildman–Crippen LogP) is 9.69. The molecule has 0 radical (unpaired) electrons. The Labute approximate surface area is 363 Å². The molecule has 0 N–H and O–H groups in total. The van der Waals surface area contributed by atoms with E-state index in [0.29, 0.717) is 0 Å². The number of rotatable bonds is 6. The molecular weight excluding hydrogens is 1150 g/mol. The Morgan fingerprint density at radius 3 is 0.590 bits per heavy atom. The van der Waals surface area contributed by atoms with Crippen LogP contribution < -0.4 is 17.4 Å². The van der Waals surface area contributed by atoms with Crippen LogP contribution >= 0.6 is 0 Å². The molecule has 0 saturated heterocycles. The van der Waals surface area contributed by atoms with E-state index in [1.165, 1.54) is 4.00 Å². The van der Waals surface area contributed by atoms with Crippen molar-refractivity contribution in [3.63, 3.8) is 0 Å². The molecule has 0 spiro atoms. The van der Waals surface area contributed by atoms with Gasteiger partial charge in [0.1, 0.15) is 0 Å². The summed E-state index contributed by atoms with van der Waals surface area (Å²) in [5.41, 5.74) is 0. The van der Waals surface area contributed by atoms with E-state index in [9.17, 15) is 65.9 Å². The quantitative estimate of drug-likeness (QED) is 0.0512. The van der Waals surface area contributed by atoms with Gasteiger partial charge in [-0.05, 0) is 0 Å². The molecule has 0 nitrogen and oxygen atoms in total. The van der Waals surface area contributed by atoms with Gasteiger partial charge in [-0.3, -0.25) is 26.3 Å². The second-order valence-corrected chi connectivity index (χ2v) is 23.0. The van der Waals surface area contributed by atoms with Crippen LogP contribution in [0.3, 0.4) is 0 Å². The Morgan fingerprint density at radius 1 is 0.262 bits per heavy atom. The maximum atomic E-state index is 12.0. The molecule has 0 bridgehead atoms. The summed E-state index contributed by atoms with van der Waals surface area (Å²) in [4.78, 5) is 0. The van der Waals surface area contributed by atoms with Gasteiger partial charge in [-0.25, -0.2) is 39.5 Å². The topological polar surface area (TPSA) is 0 Å². The van der Waals surface area contributed by atoms with E-state index in [-0.39, 0.29) is 22.4 Å². The zero-order valence-corrected chi connectivity index (χ0v) is 36.0. The molecule has 18 heteroatoms. The van der Waals surface area contributed by atoms with Gasteiger partial charge in [0.2, 0.25) is 0 Å². The first-order valence-corrected chi connectivity index (χ1v) is 22.9. The van der Waals surface area contributed by atoms with Gasteiger partial charge in [0, 0.05) is 0 Å². The van der Waals surface area contributed by atoms with Crippen molar-refractivity contribution in [2.24, 2.45) is 0 Å². The van der Waals surface area contributed by atoms with Crippen molar-refractivity contribution in [3.05, 3.63) is 227 Å². The number of benzene rings is 7. The van der Waals surface area contributed by atoms with Crippen LogP contribution in [0, 0.1) is 105 Å². The first-order chi connectivity index (χ1) is 28.5. The Morgan fingerprint density at radius 2 is 0.426 bits per heavy atom. The van der Waals surface area contributed by atoms with Crippen LogP contribution in [0.2, 0.25) is 4.00 Å². The Hall–Kier alpha value is -4.65. The molecule has 7 aromatic rings. The number of hydrogen-bond acceptors (Lipinski definition) is 0. The third-order valence-electron chi connectivity index (χ3n) is 7.53. The van der Waals surface area contributed by atoms with E-state index in [1.54, 1.807) is 17.4 Å². The predicted molar refractivity (Wildman–Crippen MR) is 196 cm³/mol. The van der Waals surface area contributed by atoms with Crippen LogP contribution in [0.4, 0.5) is 65.9 Å². The summed E-state index contributed by atoms with van der Waals surface area (Å²) in [5, 5.41) is 0. The van der Waals surface area contributed by atoms with E-state index in [4.69, 9.17) is 0 Å². The van der Waals surface area contributed by atoms with Gasteiger partial charge in [0.15, 0.2) is 0 Å². The average Bonchev–Trinajstić information content (AvgIpc) is 3.27. The standard InChI is InChI=1S/C25H22As2.3C6F5.Au/c1-5-13-22(14-6-1)26(23-15-7-2-8-16-23)21-27(24-17-9-3-10-18-24)25-19-11-4-12-20-25;3*7-2-1-3(8)5(10)6(11)4(2)9;/h1-20H,21H2;;;;/q;3*-1;+3. The number of halogens is 15. The summed E-state index contributed by atoms with van der Waals surface area (Å²) in [6, 6.07) is 47.9. The van der Waals surface area contributed by atoms with E-state index in [0.717, 1.165) is 18.2 Å². The minimum atomic E-state index is -2.17. The SMILES string of the molecule is Fc1[c-]c(F)c(F)c(F)c1F.Fc1[c-]c(F)c(F)c(F)c1F.Fc1[c-]c(F)c(F)c(F)c1F.[Au+3].c1ccc([As](C[As](c2ccccc2)c2ccccc2)c2ccccc2)cc1. The van der Waals surface area contributed by atoms with E-state index in [2.05, 4.69) is 121 Å². The maximum absolute atomic E-state index is 12.0. The van der Waals surface area contributed by atoms with Crippen LogP contribution in [0.25, 0.3) is 0 Å². The molecule has 61 heavy (non-hydrogen) atoms. The molecule has 0 unspecified atom stereocenters. The second-order valence-electron chi connectivity index (χ2n) is 11.4. The van der Waals surface area contributed by atoms with E-state index in [1.807, 2.05) is 0 Å². The molecule has 320 valence electrons. The minimum absolute atomic E-state index is 0. The molecule has 0 fully saturated rings. The molecule has 0 atom stereocenters. The fourth-order valence-electron chi connectivity index (χ4n) is 4.68. The zero-order valence-electron chi connectivity index (χ0n) is 30.1. The van der Waals surface area contributed by atoms with E-state index < -0.39 is 117 Å². The van der Waals surface area contributed by atoms with Gasteiger partial charge in [-0.1, -0.05) is 0 Å². The monoisotopic (exact) mass is 1170 g/mol. The molecule has 0 aromatic heterocycles. The molecule has 0 aliphatic rings. The van der Waals surface area contributed by atoms with Crippen LogP contribution in [-0.4, -0.2) is 29.3 Å². The van der Waals surface area contributed by atoms with Gasteiger partial charge in [0.05, 0.1) is 87.3 Å². The van der Waals surface area contributed by atoms with Crippen molar-refractivity contribution < 1.29 is 88.2 Å². The molecule has 0 aliphatic heterocycles. The van der Waals surface area contributed by atoms with Crippen LogP contribution in [0.15, 0.2) is 121 Å². The Balaban J connectivity index is 0.000000243. The summed E-state index contributed by atoms with van der Waals surface area (Å²) in [6.07, 6.45) is 0. The fourth-order valence-corrected chi connectivity index (χ4v) is 22.6. The molecule has 0 aliphatic carbocycles. The first-order valence-electron chi connectivity index (χ1n) is 16.5. The Kier molecular flexibility index (Phi) is 20.0. The molecular formula is C43H22As2AuF15. The molecule has 7 aromatic carbocycles. The van der Waals surface area contributed by atoms with Gasteiger partial charge < -0.3 is 0 Å². The third-order valence-corrected chi connectivity index (χ3v) is 22.6. The van der Waals surface area contributed by atoms with Crippen molar-refractivity contribution in [2.45, 2.75) is 4.00 Å². The summed E-state index contributed by atoms with van der Waals surface area (Å²) in [5.74, 6) is -30.1. The van der Waals surface area contributed by atoms with Crippen LogP contribution in [0.1, 0.15) is 0 Å². The third kappa shape index (κ3) is 13.7. The van der Waals surface area contributed by atoms with Crippen molar-refractivity contribution in [1.29, 1.82) is 0 Å². The zero-order chi connectivity index (χ0) is 44.1. The normalized spacial score (nSPS) is 10.4. The van der Waals surface area contributed by atoms with Gasteiger partial charge >= 0.3 is 194 Å². The van der Waals surface area contributed by atoms with Gasteiger partial charge in [-0.2, -0.15) is 0 Å². The summed E-state index contributed by atoms with van der Waals surface area (Å²) >= 11 is -2.74. The molecule has 0 amide bonds. The summed E-state index contributed by atoms with van der Waals surface area (Å²) < 4.78 is 187. The summed E-state index contributed by atoms with van der Waals surface area (Å²) in [7, 11) is 0. The molecule has 0 heterocycles.